The average Bonchev–Trinajstić information content (AvgIpc) is 2.84. The first-order chi connectivity index (χ1) is 12.9. The molecule has 2 aromatic rings. The van der Waals surface area contributed by atoms with Crippen molar-refractivity contribution < 1.29 is 17.9 Å². The van der Waals surface area contributed by atoms with E-state index in [1.807, 2.05) is 48.5 Å². The van der Waals surface area contributed by atoms with Crippen molar-refractivity contribution in [1.29, 1.82) is 0 Å². The molecule has 1 aliphatic heterocycles. The third-order valence-electron chi connectivity index (χ3n) is 4.81. The van der Waals surface area contributed by atoms with Crippen LogP contribution in [0.25, 0.3) is 11.1 Å². The van der Waals surface area contributed by atoms with Crippen molar-refractivity contribution in [2.75, 3.05) is 33.0 Å². The molecule has 0 aromatic heterocycles. The van der Waals surface area contributed by atoms with E-state index < -0.39 is 15.9 Å². The minimum absolute atomic E-state index is 0.106. The molecule has 1 amide bonds. The molecule has 1 saturated heterocycles. The lowest BCUT2D eigenvalue weighted by Crippen LogP contribution is -2.36. The lowest BCUT2D eigenvalue weighted by molar-refractivity contribution is -0.124. The Morgan fingerprint density at radius 1 is 1.15 bits per heavy atom. The average molecular weight is 388 g/mol. The third-order valence-corrected chi connectivity index (χ3v) is 6.08. The summed E-state index contributed by atoms with van der Waals surface area (Å²) in [5.74, 6) is 0.246. The van der Waals surface area contributed by atoms with E-state index in [1.54, 1.807) is 7.11 Å². The fourth-order valence-electron chi connectivity index (χ4n) is 3.34. The number of rotatable bonds is 5. The number of amides is 1. The smallest absolute Gasteiger partial charge is 0.224 e. The molecule has 27 heavy (non-hydrogen) atoms. The Balaban J connectivity index is 1.89. The van der Waals surface area contributed by atoms with Crippen LogP contribution in [0.2, 0.25) is 0 Å². The van der Waals surface area contributed by atoms with Crippen LogP contribution < -0.4 is 10.1 Å². The zero-order chi connectivity index (χ0) is 19.4. The number of nitrogens with one attached hydrogen (secondary N) is 1. The number of nitrogens with zero attached hydrogens (tertiary/aromatic N) is 1. The highest BCUT2D eigenvalue weighted by Gasteiger charge is 2.29. The van der Waals surface area contributed by atoms with Gasteiger partial charge in [-0.2, -0.15) is 4.31 Å². The van der Waals surface area contributed by atoms with Gasteiger partial charge in [-0.15, -0.1) is 0 Å². The molecule has 1 fully saturated rings. The largest absolute Gasteiger partial charge is 0.497 e. The normalized spacial score (nSPS) is 18.6. The third kappa shape index (κ3) is 4.67. The number of hydrogen-bond acceptors (Lipinski definition) is 4. The van der Waals surface area contributed by atoms with Crippen LogP contribution in [0.4, 0.5) is 0 Å². The van der Waals surface area contributed by atoms with E-state index in [4.69, 9.17) is 4.74 Å². The van der Waals surface area contributed by atoms with Crippen molar-refractivity contribution >= 4 is 15.9 Å². The van der Waals surface area contributed by atoms with Crippen LogP contribution >= 0.6 is 0 Å². The van der Waals surface area contributed by atoms with Crippen molar-refractivity contribution in [1.82, 2.24) is 9.62 Å². The fraction of sp³-hybridized carbons (Fsp3) is 0.350. The van der Waals surface area contributed by atoms with Gasteiger partial charge in [-0.3, -0.25) is 4.79 Å². The van der Waals surface area contributed by atoms with E-state index in [0.717, 1.165) is 22.4 Å². The van der Waals surface area contributed by atoms with Gasteiger partial charge in [-0.25, -0.2) is 8.42 Å². The minimum atomic E-state index is -3.34. The highest BCUT2D eigenvalue weighted by Crippen LogP contribution is 2.28. The Morgan fingerprint density at radius 3 is 2.52 bits per heavy atom. The van der Waals surface area contributed by atoms with Gasteiger partial charge in [0.1, 0.15) is 5.75 Å². The van der Waals surface area contributed by atoms with Crippen molar-refractivity contribution in [3.8, 4) is 16.9 Å². The van der Waals surface area contributed by atoms with Gasteiger partial charge in [-0.1, -0.05) is 36.4 Å². The van der Waals surface area contributed by atoms with Crippen LogP contribution in [-0.4, -0.2) is 51.6 Å². The van der Waals surface area contributed by atoms with Gasteiger partial charge in [0.05, 0.1) is 19.3 Å². The van der Waals surface area contributed by atoms with Crippen LogP contribution in [0, 0.1) is 5.92 Å². The van der Waals surface area contributed by atoms with E-state index in [9.17, 15) is 13.2 Å². The Kier molecular flexibility index (Phi) is 5.82. The highest BCUT2D eigenvalue weighted by atomic mass is 32.2. The predicted molar refractivity (Wildman–Crippen MR) is 105 cm³/mol. The lowest BCUT2D eigenvalue weighted by atomic mass is 9.91. The highest BCUT2D eigenvalue weighted by molar-refractivity contribution is 7.88. The Bertz CT molecular complexity index is 910. The van der Waals surface area contributed by atoms with Crippen LogP contribution in [-0.2, 0) is 21.2 Å². The van der Waals surface area contributed by atoms with Crippen molar-refractivity contribution in [3.05, 3.63) is 54.1 Å². The Labute approximate surface area is 160 Å². The molecule has 1 aliphatic rings. The maximum atomic E-state index is 12.5. The molecule has 6 nitrogen and oxygen atoms in total. The quantitative estimate of drug-likeness (QED) is 0.849. The van der Waals surface area contributed by atoms with Crippen LogP contribution in [0.3, 0.4) is 0 Å². The topological polar surface area (TPSA) is 75.7 Å². The van der Waals surface area contributed by atoms with Crippen molar-refractivity contribution in [2.24, 2.45) is 5.92 Å². The molecule has 0 spiro atoms. The molecule has 0 bridgehead atoms. The van der Waals surface area contributed by atoms with Gasteiger partial charge in [0.25, 0.3) is 0 Å². The number of carbonyl (C=O) groups excluding carboxylic acids is 1. The number of sulfonamides is 1. The number of ether oxygens (including phenoxy) is 1. The van der Waals surface area contributed by atoms with E-state index in [0.29, 0.717) is 19.5 Å². The summed E-state index contributed by atoms with van der Waals surface area (Å²) in [7, 11) is -1.71. The lowest BCUT2D eigenvalue weighted by Gasteiger charge is -2.21. The van der Waals surface area contributed by atoms with Crippen LogP contribution in [0.15, 0.2) is 48.5 Å². The first-order valence-electron chi connectivity index (χ1n) is 8.83. The molecule has 0 saturated carbocycles. The van der Waals surface area contributed by atoms with E-state index >= 15 is 0 Å². The maximum absolute atomic E-state index is 12.5. The molecule has 0 aliphatic carbocycles. The van der Waals surface area contributed by atoms with E-state index in [-0.39, 0.29) is 12.5 Å². The van der Waals surface area contributed by atoms with Crippen LogP contribution in [0.1, 0.15) is 5.56 Å². The summed E-state index contributed by atoms with van der Waals surface area (Å²) in [4.78, 5) is 12.5. The van der Waals surface area contributed by atoms with Crippen molar-refractivity contribution in [3.63, 3.8) is 0 Å². The number of methoxy groups -OCH3 is 1. The number of benzene rings is 2. The van der Waals surface area contributed by atoms with Gasteiger partial charge in [0.15, 0.2) is 0 Å². The summed E-state index contributed by atoms with van der Waals surface area (Å²) >= 11 is 0. The molecule has 7 heteroatoms. The zero-order valence-corrected chi connectivity index (χ0v) is 16.3. The SMILES string of the molecule is COc1ccc(-c2ccccc2CC2CN(S(C)(=O)=O)CCNC2=O)cc1. The van der Waals surface area contributed by atoms with Gasteiger partial charge >= 0.3 is 0 Å². The molecule has 3 rings (SSSR count). The second-order valence-electron chi connectivity index (χ2n) is 6.70. The summed E-state index contributed by atoms with van der Waals surface area (Å²) in [5, 5.41) is 2.83. The summed E-state index contributed by atoms with van der Waals surface area (Å²) in [6.45, 7) is 0.839. The van der Waals surface area contributed by atoms with Gasteiger partial charge in [-0.05, 0) is 35.2 Å². The summed E-state index contributed by atoms with van der Waals surface area (Å²) in [6, 6.07) is 15.7. The summed E-state index contributed by atoms with van der Waals surface area (Å²) < 4.78 is 30.5. The molecule has 1 N–H and O–H groups in total. The molecule has 0 radical (unpaired) electrons. The van der Waals surface area contributed by atoms with E-state index in [1.165, 1.54) is 10.6 Å². The predicted octanol–water partition coefficient (Wildman–Crippen LogP) is 1.91. The molecular formula is C20H24N2O4S. The Morgan fingerprint density at radius 2 is 1.85 bits per heavy atom. The molecule has 2 aromatic carbocycles. The zero-order valence-electron chi connectivity index (χ0n) is 15.5. The monoisotopic (exact) mass is 388 g/mol. The Hall–Kier alpha value is -2.38. The molecular weight excluding hydrogens is 364 g/mol. The molecule has 144 valence electrons. The van der Waals surface area contributed by atoms with Gasteiger partial charge in [0.2, 0.25) is 15.9 Å². The summed E-state index contributed by atoms with van der Waals surface area (Å²) in [5.41, 5.74) is 3.07. The maximum Gasteiger partial charge on any atom is 0.224 e. The first kappa shape index (κ1) is 19.4. The molecule has 1 atom stereocenters. The summed E-state index contributed by atoms with van der Waals surface area (Å²) in [6.07, 6.45) is 1.66. The first-order valence-corrected chi connectivity index (χ1v) is 10.7. The fourth-order valence-corrected chi connectivity index (χ4v) is 4.22. The molecule has 1 unspecified atom stereocenters. The minimum Gasteiger partial charge on any atom is -0.497 e. The van der Waals surface area contributed by atoms with E-state index in [2.05, 4.69) is 5.32 Å². The number of carbonyl (C=O) groups is 1. The second kappa shape index (κ2) is 8.10. The van der Waals surface area contributed by atoms with Gasteiger partial charge < -0.3 is 10.1 Å². The molecule has 1 heterocycles. The van der Waals surface area contributed by atoms with Crippen molar-refractivity contribution in [2.45, 2.75) is 6.42 Å². The van der Waals surface area contributed by atoms with Gasteiger partial charge in [0, 0.05) is 19.6 Å². The second-order valence-corrected chi connectivity index (χ2v) is 8.68. The standard InChI is InChI=1S/C20H24N2O4S/c1-26-18-9-7-15(8-10-18)19-6-4-3-5-16(19)13-17-14-22(27(2,24)25)12-11-21-20(17)23/h3-10,17H,11-14H2,1-2H3,(H,21,23). The van der Waals surface area contributed by atoms with Crippen LogP contribution in [0.5, 0.6) is 5.75 Å². The number of hydrogen-bond donors (Lipinski definition) is 1.